The van der Waals surface area contributed by atoms with Crippen molar-refractivity contribution in [2.24, 2.45) is 0 Å². The lowest BCUT2D eigenvalue weighted by Crippen LogP contribution is -2.37. The van der Waals surface area contributed by atoms with E-state index >= 15 is 0 Å². The number of ether oxygens (including phenoxy) is 1. The first-order valence-corrected chi connectivity index (χ1v) is 11.9. The zero-order valence-corrected chi connectivity index (χ0v) is 18.5. The number of carbonyl (C=O) groups excluding carboxylic acids is 2. The molecule has 0 fully saturated rings. The molecule has 2 amide bonds. The number of halogens is 1. The van der Waals surface area contributed by atoms with Crippen LogP contribution in [0.15, 0.2) is 48.5 Å². The molecule has 1 aliphatic heterocycles. The number of fused-ring (bicyclic) bond motifs is 1. The molecule has 3 aromatic rings. The molecule has 0 saturated carbocycles. The maximum Gasteiger partial charge on any atom is 0.314 e. The third-order valence-electron chi connectivity index (χ3n) is 5.13. The minimum absolute atomic E-state index is 0.0747. The van der Waals surface area contributed by atoms with Gasteiger partial charge in [0, 0.05) is 12.1 Å². The normalized spacial score (nSPS) is 13.9. The summed E-state index contributed by atoms with van der Waals surface area (Å²) in [7, 11) is -1.84. The van der Waals surface area contributed by atoms with Crippen LogP contribution in [0, 0.1) is 5.82 Å². The Balaban J connectivity index is 1.48. The van der Waals surface area contributed by atoms with Crippen LogP contribution in [-0.2, 0) is 37.4 Å². The fourth-order valence-electron chi connectivity index (χ4n) is 3.53. The predicted octanol–water partition coefficient (Wildman–Crippen LogP) is 1.75. The van der Waals surface area contributed by atoms with Crippen LogP contribution < -0.4 is 15.4 Å². The summed E-state index contributed by atoms with van der Waals surface area (Å²) in [5, 5.41) is 9.30. The SMILES string of the molecule is COc1cccc(CCNC(=O)C(=O)Nc2c3c(nn2-c2ccc(F)cc2)CS(=O)(=O)C3)c1. The molecular weight excluding hydrogens is 451 g/mol. The van der Waals surface area contributed by atoms with E-state index in [1.54, 1.807) is 13.2 Å². The number of sulfone groups is 1. The highest BCUT2D eigenvalue weighted by molar-refractivity contribution is 7.90. The molecule has 2 heterocycles. The van der Waals surface area contributed by atoms with Crippen LogP contribution in [-0.4, -0.2) is 43.7 Å². The number of anilines is 1. The zero-order valence-electron chi connectivity index (χ0n) is 17.7. The summed E-state index contributed by atoms with van der Waals surface area (Å²) in [6, 6.07) is 12.7. The molecule has 172 valence electrons. The van der Waals surface area contributed by atoms with Gasteiger partial charge in [-0.05, 0) is 48.4 Å². The summed E-state index contributed by atoms with van der Waals surface area (Å²) in [5.74, 6) is -2.11. The standard InChI is InChI=1S/C22H21FN4O5S/c1-32-17-4-2-3-14(11-17)9-10-24-21(28)22(29)25-20-18-12-33(30,31)13-19(18)26-27(20)16-7-5-15(23)6-8-16/h2-8,11H,9-10,12-13H2,1H3,(H,24,28)(H,25,29). The minimum Gasteiger partial charge on any atom is -0.497 e. The summed E-state index contributed by atoms with van der Waals surface area (Å²) in [4.78, 5) is 24.9. The summed E-state index contributed by atoms with van der Waals surface area (Å²) >= 11 is 0. The van der Waals surface area contributed by atoms with E-state index in [1.165, 1.54) is 28.9 Å². The number of hydrogen-bond acceptors (Lipinski definition) is 6. The largest absolute Gasteiger partial charge is 0.497 e. The molecule has 11 heteroatoms. The molecule has 1 aromatic heterocycles. The number of nitrogens with one attached hydrogen (secondary N) is 2. The third-order valence-corrected chi connectivity index (χ3v) is 6.57. The van der Waals surface area contributed by atoms with E-state index in [4.69, 9.17) is 4.74 Å². The molecule has 2 aromatic carbocycles. The second-order valence-electron chi connectivity index (χ2n) is 7.51. The topological polar surface area (TPSA) is 119 Å². The van der Waals surface area contributed by atoms with Crippen molar-refractivity contribution in [3.05, 3.63) is 71.2 Å². The fraction of sp³-hybridized carbons (Fsp3) is 0.227. The van der Waals surface area contributed by atoms with Crippen LogP contribution in [0.4, 0.5) is 10.2 Å². The lowest BCUT2D eigenvalue weighted by atomic mass is 10.1. The van der Waals surface area contributed by atoms with E-state index < -0.39 is 27.5 Å². The Kier molecular flexibility index (Phi) is 6.14. The molecule has 1 aliphatic rings. The van der Waals surface area contributed by atoms with Crippen molar-refractivity contribution in [2.45, 2.75) is 17.9 Å². The van der Waals surface area contributed by atoms with Gasteiger partial charge in [0.2, 0.25) is 0 Å². The van der Waals surface area contributed by atoms with Crippen molar-refractivity contribution in [3.8, 4) is 11.4 Å². The summed E-state index contributed by atoms with van der Waals surface area (Å²) in [6.45, 7) is 0.211. The molecule has 2 N–H and O–H groups in total. The number of nitrogens with zero attached hydrogens (tertiary/aromatic N) is 2. The average Bonchev–Trinajstić information content (AvgIpc) is 3.26. The van der Waals surface area contributed by atoms with Crippen molar-refractivity contribution < 1.29 is 27.1 Å². The Morgan fingerprint density at radius 2 is 1.88 bits per heavy atom. The molecule has 9 nitrogen and oxygen atoms in total. The van der Waals surface area contributed by atoms with Gasteiger partial charge < -0.3 is 15.4 Å². The van der Waals surface area contributed by atoms with Crippen LogP contribution in [0.25, 0.3) is 5.69 Å². The van der Waals surface area contributed by atoms with Gasteiger partial charge in [0.05, 0.1) is 30.0 Å². The highest BCUT2D eigenvalue weighted by Gasteiger charge is 2.33. The lowest BCUT2D eigenvalue weighted by Gasteiger charge is -2.11. The van der Waals surface area contributed by atoms with Crippen LogP contribution in [0.1, 0.15) is 16.8 Å². The Labute approximate surface area is 189 Å². The van der Waals surface area contributed by atoms with Crippen LogP contribution in [0.5, 0.6) is 5.75 Å². The van der Waals surface area contributed by atoms with Gasteiger partial charge in [-0.15, -0.1) is 0 Å². The summed E-state index contributed by atoms with van der Waals surface area (Å²) in [5.41, 5.74) is 1.94. The molecule has 0 atom stereocenters. The first kappa shape index (κ1) is 22.5. The van der Waals surface area contributed by atoms with Crippen molar-refractivity contribution in [2.75, 3.05) is 19.0 Å². The van der Waals surface area contributed by atoms with E-state index in [2.05, 4.69) is 15.7 Å². The number of carbonyl (C=O) groups is 2. The number of aromatic nitrogens is 2. The third kappa shape index (κ3) is 5.03. The van der Waals surface area contributed by atoms with Gasteiger partial charge in [-0.2, -0.15) is 5.10 Å². The first-order chi connectivity index (χ1) is 15.8. The summed E-state index contributed by atoms with van der Waals surface area (Å²) in [6.07, 6.45) is 0.484. The molecule has 0 unspecified atom stereocenters. The molecule has 0 radical (unpaired) electrons. The number of benzene rings is 2. The minimum atomic E-state index is -3.39. The number of methoxy groups -OCH3 is 1. The van der Waals surface area contributed by atoms with Gasteiger partial charge in [0.15, 0.2) is 9.84 Å². The highest BCUT2D eigenvalue weighted by Crippen LogP contribution is 2.33. The van der Waals surface area contributed by atoms with Crippen LogP contribution in [0.2, 0.25) is 0 Å². The Morgan fingerprint density at radius 1 is 1.12 bits per heavy atom. The van der Waals surface area contributed by atoms with E-state index in [9.17, 15) is 22.4 Å². The van der Waals surface area contributed by atoms with E-state index in [0.29, 0.717) is 23.4 Å². The van der Waals surface area contributed by atoms with Gasteiger partial charge in [-0.25, -0.2) is 17.5 Å². The Morgan fingerprint density at radius 3 is 2.61 bits per heavy atom. The maximum absolute atomic E-state index is 13.3. The van der Waals surface area contributed by atoms with Gasteiger partial charge in [-0.1, -0.05) is 12.1 Å². The molecule has 0 aliphatic carbocycles. The van der Waals surface area contributed by atoms with Crippen molar-refractivity contribution in [1.29, 1.82) is 0 Å². The highest BCUT2D eigenvalue weighted by atomic mass is 32.2. The monoisotopic (exact) mass is 472 g/mol. The maximum atomic E-state index is 13.3. The van der Waals surface area contributed by atoms with Crippen LogP contribution in [0.3, 0.4) is 0 Å². The molecule has 0 bridgehead atoms. The van der Waals surface area contributed by atoms with Gasteiger partial charge in [0.25, 0.3) is 0 Å². The van der Waals surface area contributed by atoms with Gasteiger partial charge >= 0.3 is 11.8 Å². The molecular formula is C22H21FN4O5S. The van der Waals surface area contributed by atoms with Gasteiger partial charge in [0.1, 0.15) is 17.4 Å². The van der Waals surface area contributed by atoms with Crippen molar-refractivity contribution in [1.82, 2.24) is 15.1 Å². The Bertz CT molecular complexity index is 1320. The molecule has 33 heavy (non-hydrogen) atoms. The van der Waals surface area contributed by atoms with Crippen molar-refractivity contribution in [3.63, 3.8) is 0 Å². The predicted molar refractivity (Wildman–Crippen MR) is 118 cm³/mol. The molecule has 0 saturated heterocycles. The average molecular weight is 472 g/mol. The lowest BCUT2D eigenvalue weighted by molar-refractivity contribution is -0.136. The second-order valence-corrected chi connectivity index (χ2v) is 9.57. The molecule has 0 spiro atoms. The van der Waals surface area contributed by atoms with E-state index in [1.807, 2.05) is 18.2 Å². The number of hydrogen-bond donors (Lipinski definition) is 2. The fourth-order valence-corrected chi connectivity index (χ4v) is 5.03. The quantitative estimate of drug-likeness (QED) is 0.528. The van der Waals surface area contributed by atoms with Crippen LogP contribution >= 0.6 is 0 Å². The van der Waals surface area contributed by atoms with E-state index in [0.717, 1.165) is 5.56 Å². The van der Waals surface area contributed by atoms with Gasteiger partial charge in [-0.3, -0.25) is 9.59 Å². The second kappa shape index (κ2) is 9.02. The zero-order chi connectivity index (χ0) is 23.6. The number of amides is 2. The molecule has 4 rings (SSSR count). The van der Waals surface area contributed by atoms with Crippen molar-refractivity contribution >= 4 is 27.5 Å². The van der Waals surface area contributed by atoms with E-state index in [-0.39, 0.29) is 29.6 Å². The Hall–Kier alpha value is -3.73. The smallest absolute Gasteiger partial charge is 0.314 e. The summed E-state index contributed by atoms with van der Waals surface area (Å²) < 4.78 is 43.9. The number of rotatable bonds is 6. The first-order valence-electron chi connectivity index (χ1n) is 10.0.